The quantitative estimate of drug-likeness (QED) is 0.767. The minimum absolute atomic E-state index is 0.204. The molecular weight excluding hydrogens is 332 g/mol. The van der Waals surface area contributed by atoms with Crippen LogP contribution in [0, 0.1) is 0 Å². The van der Waals surface area contributed by atoms with E-state index in [1.54, 1.807) is 0 Å². The predicted molar refractivity (Wildman–Crippen MR) is 86.7 cm³/mol. The van der Waals surface area contributed by atoms with Crippen molar-refractivity contribution in [2.45, 2.75) is 44.8 Å². The van der Waals surface area contributed by atoms with Gasteiger partial charge in [-0.2, -0.15) is 0 Å². The molecule has 0 aromatic heterocycles. The summed E-state index contributed by atoms with van der Waals surface area (Å²) >= 11 is 3.53. The van der Waals surface area contributed by atoms with E-state index in [0.717, 1.165) is 24.0 Å². The van der Waals surface area contributed by atoms with Gasteiger partial charge in [-0.05, 0) is 51.0 Å². The van der Waals surface area contributed by atoms with E-state index in [1.807, 2.05) is 25.7 Å². The highest BCUT2D eigenvalue weighted by Gasteiger charge is 2.39. The Kier molecular flexibility index (Phi) is 3.64. The van der Waals surface area contributed by atoms with Crippen LogP contribution in [0.5, 0.6) is 0 Å². The third-order valence-electron chi connectivity index (χ3n) is 4.02. The standard InChI is InChI=1S/C16H21BrN2O2/c1-16(2,3)21-15(20)19-7-6-14-12(9-19)11-8-10(17)4-5-13(11)18-14/h4-5,8,12,14,18H,6-7,9H2,1-3H3. The topological polar surface area (TPSA) is 41.6 Å². The lowest BCUT2D eigenvalue weighted by molar-refractivity contribution is 0.0195. The molecule has 2 heterocycles. The van der Waals surface area contributed by atoms with Gasteiger partial charge in [0.2, 0.25) is 0 Å². The number of nitrogens with one attached hydrogen (secondary N) is 1. The van der Waals surface area contributed by atoms with E-state index < -0.39 is 5.60 Å². The number of likely N-dealkylation sites (tertiary alicyclic amines) is 1. The predicted octanol–water partition coefficient (Wildman–Crippen LogP) is 3.97. The molecule has 1 N–H and O–H groups in total. The van der Waals surface area contributed by atoms with E-state index in [4.69, 9.17) is 4.74 Å². The molecule has 21 heavy (non-hydrogen) atoms. The molecule has 2 atom stereocenters. The minimum Gasteiger partial charge on any atom is -0.444 e. The number of hydrogen-bond acceptors (Lipinski definition) is 3. The van der Waals surface area contributed by atoms with E-state index >= 15 is 0 Å². The third-order valence-corrected chi connectivity index (χ3v) is 4.51. The molecule has 0 bridgehead atoms. The van der Waals surface area contributed by atoms with Gasteiger partial charge in [-0.3, -0.25) is 0 Å². The lowest BCUT2D eigenvalue weighted by Gasteiger charge is -2.36. The summed E-state index contributed by atoms with van der Waals surface area (Å²) in [6.07, 6.45) is 0.750. The van der Waals surface area contributed by atoms with Crippen LogP contribution in [-0.2, 0) is 4.74 Å². The summed E-state index contributed by atoms with van der Waals surface area (Å²) in [6.45, 7) is 7.18. The van der Waals surface area contributed by atoms with Gasteiger partial charge in [0.15, 0.2) is 0 Å². The maximum Gasteiger partial charge on any atom is 0.410 e. The first kappa shape index (κ1) is 14.7. The first-order valence-electron chi connectivity index (χ1n) is 7.37. The monoisotopic (exact) mass is 352 g/mol. The van der Waals surface area contributed by atoms with Crippen molar-refractivity contribution >= 4 is 27.7 Å². The fourth-order valence-electron chi connectivity index (χ4n) is 3.10. The molecule has 0 spiro atoms. The Labute approximate surface area is 134 Å². The number of benzene rings is 1. The Bertz CT molecular complexity index is 568. The fraction of sp³-hybridized carbons (Fsp3) is 0.562. The van der Waals surface area contributed by atoms with Crippen LogP contribution in [0.4, 0.5) is 10.5 Å². The number of anilines is 1. The molecule has 5 heteroatoms. The van der Waals surface area contributed by atoms with Crippen LogP contribution in [0.1, 0.15) is 38.7 Å². The number of rotatable bonds is 0. The molecule has 0 saturated carbocycles. The van der Waals surface area contributed by atoms with Crippen LogP contribution in [0.2, 0.25) is 0 Å². The van der Waals surface area contributed by atoms with Gasteiger partial charge >= 0.3 is 6.09 Å². The molecule has 1 amide bonds. The second-order valence-electron chi connectivity index (χ2n) is 6.80. The van der Waals surface area contributed by atoms with Crippen molar-refractivity contribution < 1.29 is 9.53 Å². The summed E-state index contributed by atoms with van der Waals surface area (Å²) in [7, 11) is 0. The van der Waals surface area contributed by atoms with Crippen LogP contribution < -0.4 is 5.32 Å². The van der Waals surface area contributed by atoms with Crippen molar-refractivity contribution in [3.63, 3.8) is 0 Å². The van der Waals surface area contributed by atoms with Gasteiger partial charge in [0.05, 0.1) is 0 Å². The number of fused-ring (bicyclic) bond motifs is 3. The van der Waals surface area contributed by atoms with Crippen molar-refractivity contribution in [3.8, 4) is 0 Å². The molecule has 1 aromatic rings. The molecule has 4 nitrogen and oxygen atoms in total. The van der Waals surface area contributed by atoms with Crippen molar-refractivity contribution in [2.75, 3.05) is 18.4 Å². The number of nitrogens with zero attached hydrogens (tertiary/aromatic N) is 1. The van der Waals surface area contributed by atoms with Crippen LogP contribution in [0.3, 0.4) is 0 Å². The second kappa shape index (κ2) is 5.20. The molecule has 2 unspecified atom stereocenters. The molecule has 114 valence electrons. The largest absolute Gasteiger partial charge is 0.444 e. The summed E-state index contributed by atoms with van der Waals surface area (Å²) in [6, 6.07) is 6.74. The van der Waals surface area contributed by atoms with E-state index in [-0.39, 0.29) is 6.09 Å². The average Bonchev–Trinajstić information content (AvgIpc) is 2.74. The van der Waals surface area contributed by atoms with Gasteiger partial charge in [-0.25, -0.2) is 4.79 Å². The highest BCUT2D eigenvalue weighted by molar-refractivity contribution is 9.10. The molecule has 2 aliphatic rings. The van der Waals surface area contributed by atoms with Crippen molar-refractivity contribution in [3.05, 3.63) is 28.2 Å². The summed E-state index contributed by atoms with van der Waals surface area (Å²) in [5, 5.41) is 3.57. The maximum absolute atomic E-state index is 12.3. The van der Waals surface area contributed by atoms with E-state index in [0.29, 0.717) is 12.0 Å². The Morgan fingerprint density at radius 3 is 2.90 bits per heavy atom. The van der Waals surface area contributed by atoms with Crippen molar-refractivity contribution in [2.24, 2.45) is 0 Å². The van der Waals surface area contributed by atoms with Crippen LogP contribution in [-0.4, -0.2) is 35.7 Å². The van der Waals surface area contributed by atoms with E-state index in [9.17, 15) is 4.79 Å². The number of hydrogen-bond donors (Lipinski definition) is 1. The van der Waals surface area contributed by atoms with Gasteiger partial charge in [-0.15, -0.1) is 0 Å². The zero-order valence-electron chi connectivity index (χ0n) is 12.6. The Hall–Kier alpha value is -1.23. The second-order valence-corrected chi connectivity index (χ2v) is 7.72. The Morgan fingerprint density at radius 1 is 1.43 bits per heavy atom. The SMILES string of the molecule is CC(C)(C)OC(=O)N1CCC2Nc3ccc(Br)cc3C2C1. The molecule has 2 aliphatic heterocycles. The normalized spacial score (nSPS) is 24.1. The average molecular weight is 353 g/mol. The van der Waals surface area contributed by atoms with E-state index in [1.165, 1.54) is 11.3 Å². The lowest BCUT2D eigenvalue weighted by Crippen LogP contribution is -2.46. The van der Waals surface area contributed by atoms with Crippen LogP contribution in [0.15, 0.2) is 22.7 Å². The molecular formula is C16H21BrN2O2. The Morgan fingerprint density at radius 2 is 2.19 bits per heavy atom. The summed E-state index contributed by atoms with van der Waals surface area (Å²) < 4.78 is 6.58. The lowest BCUT2D eigenvalue weighted by atomic mass is 9.89. The van der Waals surface area contributed by atoms with Crippen LogP contribution in [0.25, 0.3) is 0 Å². The van der Waals surface area contributed by atoms with Crippen molar-refractivity contribution in [1.29, 1.82) is 0 Å². The smallest absolute Gasteiger partial charge is 0.410 e. The van der Waals surface area contributed by atoms with E-state index in [2.05, 4.69) is 39.4 Å². The number of carbonyl (C=O) groups is 1. The minimum atomic E-state index is -0.442. The number of amides is 1. The zero-order chi connectivity index (χ0) is 15.2. The highest BCUT2D eigenvalue weighted by atomic mass is 79.9. The number of carbonyl (C=O) groups excluding carboxylic acids is 1. The summed E-state index contributed by atoms with van der Waals surface area (Å²) in [5.41, 5.74) is 2.05. The molecule has 1 fully saturated rings. The first-order chi connectivity index (χ1) is 9.83. The Balaban J connectivity index is 1.76. The number of halogens is 1. The first-order valence-corrected chi connectivity index (χ1v) is 8.17. The molecule has 0 aliphatic carbocycles. The molecule has 0 radical (unpaired) electrons. The molecule has 3 rings (SSSR count). The van der Waals surface area contributed by atoms with Crippen LogP contribution >= 0.6 is 15.9 Å². The van der Waals surface area contributed by atoms with Gasteiger partial charge < -0.3 is 15.0 Å². The van der Waals surface area contributed by atoms with Gasteiger partial charge in [0.25, 0.3) is 0 Å². The number of ether oxygens (including phenoxy) is 1. The third kappa shape index (κ3) is 3.03. The molecule has 1 saturated heterocycles. The van der Waals surface area contributed by atoms with Crippen molar-refractivity contribution in [1.82, 2.24) is 4.90 Å². The highest BCUT2D eigenvalue weighted by Crippen LogP contribution is 2.41. The fourth-order valence-corrected chi connectivity index (χ4v) is 3.48. The van der Waals surface area contributed by atoms with Gasteiger partial charge in [-0.1, -0.05) is 15.9 Å². The summed E-state index contributed by atoms with van der Waals surface area (Å²) in [5.74, 6) is 0.346. The van der Waals surface area contributed by atoms with Gasteiger partial charge in [0, 0.05) is 35.2 Å². The number of piperidine rings is 1. The molecule has 1 aromatic carbocycles. The summed E-state index contributed by atoms with van der Waals surface area (Å²) in [4.78, 5) is 14.1. The maximum atomic E-state index is 12.3. The zero-order valence-corrected chi connectivity index (χ0v) is 14.2. The van der Waals surface area contributed by atoms with Gasteiger partial charge in [0.1, 0.15) is 5.60 Å².